The highest BCUT2D eigenvalue weighted by atomic mass is 16.5. The van der Waals surface area contributed by atoms with Gasteiger partial charge in [-0.1, -0.05) is 0 Å². The van der Waals surface area contributed by atoms with Crippen LogP contribution in [-0.2, 0) is 9.53 Å². The number of carboxylic acid groups (broad SMARTS) is 1. The van der Waals surface area contributed by atoms with E-state index in [2.05, 4.69) is 5.32 Å². The van der Waals surface area contributed by atoms with E-state index in [4.69, 9.17) is 4.74 Å². The lowest BCUT2D eigenvalue weighted by atomic mass is 9.88. The molecule has 6 heteroatoms. The highest BCUT2D eigenvalue weighted by Gasteiger charge is 2.45. The zero-order valence-electron chi connectivity index (χ0n) is 12.3. The van der Waals surface area contributed by atoms with Crippen LogP contribution in [0.3, 0.4) is 0 Å². The van der Waals surface area contributed by atoms with Gasteiger partial charge in [0.15, 0.2) is 0 Å². The second-order valence-corrected chi connectivity index (χ2v) is 6.29. The van der Waals surface area contributed by atoms with Crippen molar-refractivity contribution in [3.05, 3.63) is 0 Å². The number of amides is 2. The lowest BCUT2D eigenvalue weighted by molar-refractivity contribution is -0.150. The molecule has 1 atom stereocenters. The van der Waals surface area contributed by atoms with Crippen LogP contribution in [0.25, 0.3) is 0 Å². The Bertz CT molecular complexity index is 393. The number of ether oxygens (including phenoxy) is 1. The van der Waals surface area contributed by atoms with E-state index in [9.17, 15) is 14.7 Å². The number of aliphatic carboxylic acids is 1. The van der Waals surface area contributed by atoms with E-state index in [0.717, 1.165) is 25.7 Å². The molecule has 0 aromatic carbocycles. The summed E-state index contributed by atoms with van der Waals surface area (Å²) in [7, 11) is 0. The normalized spacial score (nSPS) is 29.8. The average Bonchev–Trinajstić information content (AvgIpc) is 2.39. The van der Waals surface area contributed by atoms with Crippen LogP contribution in [0.15, 0.2) is 0 Å². The molecule has 2 fully saturated rings. The summed E-state index contributed by atoms with van der Waals surface area (Å²) in [6.45, 7) is 5.40. The third kappa shape index (κ3) is 2.90. The third-order valence-corrected chi connectivity index (χ3v) is 4.60. The van der Waals surface area contributed by atoms with Gasteiger partial charge in [-0.05, 0) is 46.0 Å². The summed E-state index contributed by atoms with van der Waals surface area (Å²) in [5, 5.41) is 12.5. The van der Waals surface area contributed by atoms with Crippen molar-refractivity contribution in [2.75, 3.05) is 19.8 Å². The predicted octanol–water partition coefficient (Wildman–Crippen LogP) is 1.59. The Kier molecular flexibility index (Phi) is 4.22. The zero-order valence-corrected chi connectivity index (χ0v) is 12.3. The van der Waals surface area contributed by atoms with Gasteiger partial charge >= 0.3 is 12.0 Å². The SMILES string of the molecule is CC1(NC(=O)N2CCCCC2(C)C(=O)O)CCOCC1. The molecule has 2 aliphatic rings. The zero-order chi connectivity index (χ0) is 14.8. The van der Waals surface area contributed by atoms with E-state index < -0.39 is 11.5 Å². The first-order valence-electron chi connectivity index (χ1n) is 7.28. The fourth-order valence-electron chi connectivity index (χ4n) is 2.94. The summed E-state index contributed by atoms with van der Waals surface area (Å²) < 4.78 is 5.31. The van der Waals surface area contributed by atoms with Crippen LogP contribution < -0.4 is 5.32 Å². The van der Waals surface area contributed by atoms with Crippen LogP contribution in [0.4, 0.5) is 4.79 Å². The number of nitrogens with zero attached hydrogens (tertiary/aromatic N) is 1. The van der Waals surface area contributed by atoms with Crippen LogP contribution in [0, 0.1) is 0 Å². The van der Waals surface area contributed by atoms with E-state index in [1.807, 2.05) is 6.92 Å². The molecule has 2 saturated heterocycles. The lowest BCUT2D eigenvalue weighted by Crippen LogP contribution is -2.63. The number of nitrogens with one attached hydrogen (secondary N) is 1. The largest absolute Gasteiger partial charge is 0.480 e. The Balaban J connectivity index is 2.08. The minimum atomic E-state index is -1.09. The first kappa shape index (κ1) is 15.1. The molecule has 0 spiro atoms. The van der Waals surface area contributed by atoms with Crippen LogP contribution in [-0.4, -0.2) is 52.8 Å². The van der Waals surface area contributed by atoms with E-state index in [0.29, 0.717) is 26.2 Å². The number of likely N-dealkylation sites (tertiary alicyclic amines) is 1. The summed E-state index contributed by atoms with van der Waals surface area (Å²) in [6.07, 6.45) is 3.73. The molecule has 0 bridgehead atoms. The van der Waals surface area contributed by atoms with Gasteiger partial charge in [-0.25, -0.2) is 9.59 Å². The fraction of sp³-hybridized carbons (Fsp3) is 0.857. The summed E-state index contributed by atoms with van der Waals surface area (Å²) >= 11 is 0. The maximum Gasteiger partial charge on any atom is 0.329 e. The Hall–Kier alpha value is -1.30. The van der Waals surface area contributed by atoms with Gasteiger partial charge in [0.05, 0.1) is 0 Å². The summed E-state index contributed by atoms with van der Waals surface area (Å²) in [4.78, 5) is 25.5. The van der Waals surface area contributed by atoms with Crippen LogP contribution in [0.1, 0.15) is 46.0 Å². The molecule has 20 heavy (non-hydrogen) atoms. The molecule has 2 rings (SSSR count). The van der Waals surface area contributed by atoms with Crippen molar-refractivity contribution in [2.45, 2.75) is 57.0 Å². The standard InChI is InChI=1S/C14H24N2O4/c1-13(6-9-20-10-7-13)15-12(19)16-8-4-3-5-14(16,2)11(17)18/h3-10H2,1-2H3,(H,15,19)(H,17,18). The Labute approximate surface area is 119 Å². The number of hydrogen-bond acceptors (Lipinski definition) is 3. The molecule has 0 aliphatic carbocycles. The van der Waals surface area contributed by atoms with E-state index in [-0.39, 0.29) is 11.6 Å². The van der Waals surface area contributed by atoms with Crippen LogP contribution in [0.5, 0.6) is 0 Å². The quantitative estimate of drug-likeness (QED) is 0.807. The average molecular weight is 284 g/mol. The van der Waals surface area contributed by atoms with Crippen molar-refractivity contribution in [1.29, 1.82) is 0 Å². The monoisotopic (exact) mass is 284 g/mol. The van der Waals surface area contributed by atoms with Gasteiger partial charge in [-0.3, -0.25) is 0 Å². The van der Waals surface area contributed by atoms with E-state index >= 15 is 0 Å². The summed E-state index contributed by atoms with van der Waals surface area (Å²) in [5.74, 6) is -0.926. The Morgan fingerprint density at radius 1 is 1.15 bits per heavy atom. The van der Waals surface area contributed by atoms with Gasteiger partial charge in [0, 0.05) is 25.3 Å². The third-order valence-electron chi connectivity index (χ3n) is 4.60. The molecule has 2 heterocycles. The second-order valence-electron chi connectivity index (χ2n) is 6.29. The van der Waals surface area contributed by atoms with Crippen LogP contribution in [0.2, 0.25) is 0 Å². The molecule has 6 nitrogen and oxygen atoms in total. The molecule has 0 radical (unpaired) electrons. The number of rotatable bonds is 2. The number of carboxylic acids is 1. The van der Waals surface area contributed by atoms with Crippen molar-refractivity contribution in [1.82, 2.24) is 10.2 Å². The van der Waals surface area contributed by atoms with Crippen molar-refractivity contribution in [3.8, 4) is 0 Å². The maximum absolute atomic E-state index is 12.5. The Morgan fingerprint density at radius 3 is 2.40 bits per heavy atom. The molecular weight excluding hydrogens is 260 g/mol. The molecule has 0 aromatic heterocycles. The van der Waals surface area contributed by atoms with Gasteiger partial charge in [0.2, 0.25) is 0 Å². The number of carbonyl (C=O) groups excluding carboxylic acids is 1. The van der Waals surface area contributed by atoms with Gasteiger partial charge in [-0.2, -0.15) is 0 Å². The topological polar surface area (TPSA) is 78.9 Å². The number of piperidine rings is 1. The first-order chi connectivity index (χ1) is 9.37. The van der Waals surface area contributed by atoms with E-state index in [1.165, 1.54) is 4.90 Å². The number of hydrogen-bond donors (Lipinski definition) is 2. The highest BCUT2D eigenvalue weighted by molar-refractivity contribution is 5.86. The maximum atomic E-state index is 12.5. The van der Waals surface area contributed by atoms with Crippen molar-refractivity contribution in [2.24, 2.45) is 0 Å². The first-order valence-corrected chi connectivity index (χ1v) is 7.28. The molecule has 1 unspecified atom stereocenters. The molecule has 2 N–H and O–H groups in total. The number of urea groups is 1. The molecule has 0 aromatic rings. The summed E-state index contributed by atoms with van der Waals surface area (Å²) in [5.41, 5.74) is -1.39. The van der Waals surface area contributed by atoms with Crippen molar-refractivity contribution < 1.29 is 19.4 Å². The highest BCUT2D eigenvalue weighted by Crippen LogP contribution is 2.29. The minimum Gasteiger partial charge on any atom is -0.480 e. The van der Waals surface area contributed by atoms with E-state index in [1.54, 1.807) is 6.92 Å². The predicted molar refractivity (Wildman–Crippen MR) is 73.6 cm³/mol. The van der Waals surface area contributed by atoms with Gasteiger partial charge in [-0.15, -0.1) is 0 Å². The van der Waals surface area contributed by atoms with Crippen molar-refractivity contribution in [3.63, 3.8) is 0 Å². The molecule has 114 valence electrons. The van der Waals surface area contributed by atoms with Crippen LogP contribution >= 0.6 is 0 Å². The lowest BCUT2D eigenvalue weighted by Gasteiger charge is -2.44. The van der Waals surface area contributed by atoms with Gasteiger partial charge < -0.3 is 20.1 Å². The molecule has 0 saturated carbocycles. The fourth-order valence-corrected chi connectivity index (χ4v) is 2.94. The van der Waals surface area contributed by atoms with Gasteiger partial charge in [0.25, 0.3) is 0 Å². The molecule has 2 aliphatic heterocycles. The van der Waals surface area contributed by atoms with Gasteiger partial charge in [0.1, 0.15) is 5.54 Å². The molecular formula is C14H24N2O4. The Morgan fingerprint density at radius 2 is 1.80 bits per heavy atom. The second kappa shape index (κ2) is 5.60. The van der Waals surface area contributed by atoms with Crippen molar-refractivity contribution >= 4 is 12.0 Å². The summed E-state index contributed by atoms with van der Waals surface area (Å²) in [6, 6.07) is -0.265. The molecule has 2 amide bonds. The number of carbonyl (C=O) groups is 2. The minimum absolute atomic E-state index is 0.265. The smallest absolute Gasteiger partial charge is 0.329 e.